The summed E-state index contributed by atoms with van der Waals surface area (Å²) in [4.78, 5) is -0.486. The number of halogens is 2. The highest BCUT2D eigenvalue weighted by Crippen LogP contribution is 2.24. The summed E-state index contributed by atoms with van der Waals surface area (Å²) >= 11 is 0. The highest BCUT2D eigenvalue weighted by atomic mass is 32.2. The van der Waals surface area contributed by atoms with Gasteiger partial charge in [0.1, 0.15) is 10.7 Å². The first-order chi connectivity index (χ1) is 9.75. The number of hydrogen-bond acceptors (Lipinski definition) is 3. The standard InChI is InChI=1S/C14H22F2N2O2S/c1-5-10(2)9-18(4)21(19,20)13-7-6-12(15)11(8-17-3)14(13)16/h6-7,10,17H,5,8-9H2,1-4H3. The van der Waals surface area contributed by atoms with Gasteiger partial charge in [-0.3, -0.25) is 0 Å². The molecule has 0 radical (unpaired) electrons. The maximum Gasteiger partial charge on any atom is 0.245 e. The number of benzene rings is 1. The molecule has 0 saturated heterocycles. The summed E-state index contributed by atoms with van der Waals surface area (Å²) in [6, 6.07) is 1.96. The largest absolute Gasteiger partial charge is 0.315 e. The molecule has 21 heavy (non-hydrogen) atoms. The fraction of sp³-hybridized carbons (Fsp3) is 0.571. The van der Waals surface area contributed by atoms with E-state index in [2.05, 4.69) is 5.32 Å². The van der Waals surface area contributed by atoms with Crippen molar-refractivity contribution < 1.29 is 17.2 Å². The lowest BCUT2D eigenvalue weighted by molar-refractivity contribution is 0.390. The van der Waals surface area contributed by atoms with Crippen LogP contribution in [0.15, 0.2) is 17.0 Å². The molecule has 7 heteroatoms. The molecule has 0 amide bonds. The van der Waals surface area contributed by atoms with E-state index in [1.165, 1.54) is 14.1 Å². The zero-order chi connectivity index (χ0) is 16.2. The van der Waals surface area contributed by atoms with Gasteiger partial charge in [-0.1, -0.05) is 20.3 Å². The Labute approximate surface area is 125 Å². The van der Waals surface area contributed by atoms with E-state index < -0.39 is 26.6 Å². The van der Waals surface area contributed by atoms with Gasteiger partial charge in [-0.2, -0.15) is 0 Å². The molecular formula is C14H22F2N2O2S. The van der Waals surface area contributed by atoms with Crippen molar-refractivity contribution in [1.29, 1.82) is 0 Å². The lowest BCUT2D eigenvalue weighted by Gasteiger charge is -2.21. The molecule has 0 bridgehead atoms. The molecule has 120 valence electrons. The van der Waals surface area contributed by atoms with Crippen LogP contribution >= 0.6 is 0 Å². The Bertz CT molecular complexity index is 591. The van der Waals surface area contributed by atoms with Gasteiger partial charge >= 0.3 is 0 Å². The molecule has 1 atom stereocenters. The number of nitrogens with one attached hydrogen (secondary N) is 1. The van der Waals surface area contributed by atoms with E-state index in [0.29, 0.717) is 0 Å². The molecule has 0 spiro atoms. The number of nitrogens with zero attached hydrogens (tertiary/aromatic N) is 1. The second kappa shape index (κ2) is 7.29. The van der Waals surface area contributed by atoms with Crippen molar-refractivity contribution in [2.45, 2.75) is 31.7 Å². The van der Waals surface area contributed by atoms with Gasteiger partial charge in [0.2, 0.25) is 10.0 Å². The molecule has 0 aliphatic rings. The van der Waals surface area contributed by atoms with E-state index in [9.17, 15) is 17.2 Å². The molecule has 0 aromatic heterocycles. The van der Waals surface area contributed by atoms with E-state index in [1.54, 1.807) is 0 Å². The Kier molecular flexibility index (Phi) is 6.24. The fourth-order valence-corrected chi connectivity index (χ4v) is 3.32. The summed E-state index contributed by atoms with van der Waals surface area (Å²) in [6.45, 7) is 4.08. The van der Waals surface area contributed by atoms with Gasteiger partial charge in [-0.25, -0.2) is 21.5 Å². The van der Waals surface area contributed by atoms with Crippen LogP contribution in [0.25, 0.3) is 0 Å². The van der Waals surface area contributed by atoms with Gasteiger partial charge in [0.05, 0.1) is 0 Å². The van der Waals surface area contributed by atoms with Gasteiger partial charge < -0.3 is 5.32 Å². The summed E-state index contributed by atoms with van der Waals surface area (Å²) in [6.07, 6.45) is 0.816. The van der Waals surface area contributed by atoms with Crippen LogP contribution in [-0.2, 0) is 16.6 Å². The molecule has 0 heterocycles. The van der Waals surface area contributed by atoms with Gasteiger partial charge in [-0.15, -0.1) is 0 Å². The van der Waals surface area contributed by atoms with E-state index in [0.717, 1.165) is 22.9 Å². The smallest absolute Gasteiger partial charge is 0.245 e. The summed E-state index contributed by atoms with van der Waals surface area (Å²) in [5, 5.41) is 2.63. The third-order valence-electron chi connectivity index (χ3n) is 3.46. The molecule has 1 unspecified atom stereocenters. The topological polar surface area (TPSA) is 49.4 Å². The first-order valence-corrected chi connectivity index (χ1v) is 8.27. The lowest BCUT2D eigenvalue weighted by atomic mass is 10.1. The molecule has 0 fully saturated rings. The lowest BCUT2D eigenvalue weighted by Crippen LogP contribution is -2.32. The Balaban J connectivity index is 3.23. The molecule has 0 saturated carbocycles. The van der Waals surface area contributed by atoms with Crippen LogP contribution in [0.5, 0.6) is 0 Å². The summed E-state index contributed by atoms with van der Waals surface area (Å²) in [7, 11) is -1.03. The summed E-state index contributed by atoms with van der Waals surface area (Å²) in [5.41, 5.74) is -0.268. The van der Waals surface area contributed by atoms with E-state index in [-0.39, 0.29) is 24.6 Å². The first kappa shape index (κ1) is 18.0. The van der Waals surface area contributed by atoms with Crippen molar-refractivity contribution >= 4 is 10.0 Å². The normalized spacial score (nSPS) is 13.7. The maximum absolute atomic E-state index is 14.3. The molecule has 1 aromatic carbocycles. The monoisotopic (exact) mass is 320 g/mol. The van der Waals surface area contributed by atoms with Gasteiger partial charge in [0.15, 0.2) is 5.82 Å². The van der Waals surface area contributed by atoms with Crippen molar-refractivity contribution in [1.82, 2.24) is 9.62 Å². The van der Waals surface area contributed by atoms with Crippen LogP contribution in [0.1, 0.15) is 25.8 Å². The minimum Gasteiger partial charge on any atom is -0.315 e. The van der Waals surface area contributed by atoms with Crippen molar-refractivity contribution in [2.75, 3.05) is 20.6 Å². The molecule has 1 rings (SSSR count). The Hall–Kier alpha value is -1.05. The summed E-state index contributed by atoms with van der Waals surface area (Å²) < 4.78 is 53.8. The van der Waals surface area contributed by atoms with Crippen LogP contribution in [0.4, 0.5) is 8.78 Å². The third kappa shape index (κ3) is 3.99. The van der Waals surface area contributed by atoms with Gasteiger partial charge in [0, 0.05) is 25.7 Å². The zero-order valence-corrected chi connectivity index (χ0v) is 13.6. The Morgan fingerprint density at radius 3 is 2.48 bits per heavy atom. The Morgan fingerprint density at radius 1 is 1.33 bits per heavy atom. The van der Waals surface area contributed by atoms with Gasteiger partial charge in [-0.05, 0) is 25.1 Å². The quantitative estimate of drug-likeness (QED) is 0.839. The van der Waals surface area contributed by atoms with Crippen LogP contribution in [-0.4, -0.2) is 33.4 Å². The minimum absolute atomic E-state index is 0.0733. The number of rotatable bonds is 7. The predicted octanol–water partition coefficient (Wildman–Crippen LogP) is 2.35. The van der Waals surface area contributed by atoms with Crippen molar-refractivity contribution in [3.8, 4) is 0 Å². The second-order valence-corrected chi connectivity index (χ2v) is 7.18. The number of hydrogen-bond donors (Lipinski definition) is 1. The summed E-state index contributed by atoms with van der Waals surface area (Å²) in [5.74, 6) is -1.63. The zero-order valence-electron chi connectivity index (χ0n) is 12.8. The fourth-order valence-electron chi connectivity index (χ4n) is 1.95. The minimum atomic E-state index is -3.97. The maximum atomic E-state index is 14.3. The van der Waals surface area contributed by atoms with Gasteiger partial charge in [0.25, 0.3) is 0 Å². The van der Waals surface area contributed by atoms with Crippen LogP contribution in [0.3, 0.4) is 0 Å². The van der Waals surface area contributed by atoms with E-state index in [1.807, 2.05) is 13.8 Å². The average Bonchev–Trinajstić information content (AvgIpc) is 2.42. The van der Waals surface area contributed by atoms with E-state index >= 15 is 0 Å². The van der Waals surface area contributed by atoms with E-state index in [4.69, 9.17) is 0 Å². The second-order valence-electron chi connectivity index (χ2n) is 5.17. The SMILES string of the molecule is CCC(C)CN(C)S(=O)(=O)c1ccc(F)c(CNC)c1F. The molecule has 1 N–H and O–H groups in total. The third-order valence-corrected chi connectivity index (χ3v) is 5.30. The van der Waals surface area contributed by atoms with Crippen LogP contribution in [0.2, 0.25) is 0 Å². The predicted molar refractivity (Wildman–Crippen MR) is 78.4 cm³/mol. The highest BCUT2D eigenvalue weighted by Gasteiger charge is 2.27. The Morgan fingerprint density at radius 2 is 1.95 bits per heavy atom. The molecule has 0 aliphatic heterocycles. The molecular weight excluding hydrogens is 298 g/mol. The highest BCUT2D eigenvalue weighted by molar-refractivity contribution is 7.89. The van der Waals surface area contributed by atoms with Crippen LogP contribution in [0, 0.1) is 17.6 Å². The van der Waals surface area contributed by atoms with Crippen LogP contribution < -0.4 is 5.32 Å². The molecule has 0 aliphatic carbocycles. The van der Waals surface area contributed by atoms with Crippen molar-refractivity contribution in [2.24, 2.45) is 5.92 Å². The number of sulfonamides is 1. The molecule has 1 aromatic rings. The van der Waals surface area contributed by atoms with Crippen molar-refractivity contribution in [3.05, 3.63) is 29.3 Å². The van der Waals surface area contributed by atoms with Crippen molar-refractivity contribution in [3.63, 3.8) is 0 Å². The average molecular weight is 320 g/mol. The first-order valence-electron chi connectivity index (χ1n) is 6.83. The molecule has 4 nitrogen and oxygen atoms in total.